The van der Waals surface area contributed by atoms with E-state index in [0.29, 0.717) is 29.4 Å². The van der Waals surface area contributed by atoms with E-state index in [2.05, 4.69) is 20.4 Å². The van der Waals surface area contributed by atoms with Gasteiger partial charge in [-0.2, -0.15) is 4.98 Å². The number of aromatic nitrogens is 3. The molecule has 11 heteroatoms. The van der Waals surface area contributed by atoms with Crippen molar-refractivity contribution >= 4 is 12.1 Å². The average molecular weight is 485 g/mol. The summed E-state index contributed by atoms with van der Waals surface area (Å²) in [6, 6.07) is 8.04. The third kappa shape index (κ3) is 6.46. The number of ether oxygens (including phenoxy) is 4. The number of rotatable bonds is 10. The van der Waals surface area contributed by atoms with Gasteiger partial charge in [-0.1, -0.05) is 19.0 Å². The minimum Gasteiger partial charge on any atom is -0.497 e. The second-order valence-electron chi connectivity index (χ2n) is 7.82. The van der Waals surface area contributed by atoms with Crippen molar-refractivity contribution in [3.63, 3.8) is 0 Å². The number of carbonyl (C=O) groups is 2. The second-order valence-corrected chi connectivity index (χ2v) is 7.82. The molecule has 1 N–H and O–H groups in total. The monoisotopic (exact) mass is 484 g/mol. The van der Waals surface area contributed by atoms with Crippen molar-refractivity contribution in [2.75, 3.05) is 20.8 Å². The third-order valence-electron chi connectivity index (χ3n) is 4.85. The van der Waals surface area contributed by atoms with Crippen LogP contribution in [0.5, 0.6) is 17.2 Å². The van der Waals surface area contributed by atoms with Gasteiger partial charge in [0.1, 0.15) is 5.75 Å². The molecule has 0 aliphatic rings. The third-order valence-corrected chi connectivity index (χ3v) is 4.85. The molecule has 0 radical (unpaired) electrons. The van der Waals surface area contributed by atoms with Crippen LogP contribution in [0.2, 0.25) is 0 Å². The van der Waals surface area contributed by atoms with E-state index >= 15 is 0 Å². The Labute approximate surface area is 202 Å². The summed E-state index contributed by atoms with van der Waals surface area (Å²) in [6.07, 6.45) is 0.916. The molecule has 0 bridgehead atoms. The van der Waals surface area contributed by atoms with Crippen molar-refractivity contribution in [1.82, 2.24) is 20.4 Å². The predicted octanol–water partition coefficient (Wildman–Crippen LogP) is 4.20. The molecule has 2 heterocycles. The predicted molar refractivity (Wildman–Crippen MR) is 124 cm³/mol. The van der Waals surface area contributed by atoms with Crippen molar-refractivity contribution < 1.29 is 33.1 Å². The van der Waals surface area contributed by atoms with E-state index in [4.69, 9.17) is 23.5 Å². The first kappa shape index (κ1) is 25.5. The number of amides is 1. The molecule has 0 saturated carbocycles. The lowest BCUT2D eigenvalue weighted by Crippen LogP contribution is -2.31. The Morgan fingerprint density at radius 2 is 1.83 bits per heavy atom. The van der Waals surface area contributed by atoms with Gasteiger partial charge >= 0.3 is 6.16 Å². The SMILES string of the molecule is CCOC(=O)Oc1c(OC)ccnc1C(=O)N[C@@H](CC(C)C)c1noc(-c2ccc(OC)cc2)n1. The van der Waals surface area contributed by atoms with Crippen molar-refractivity contribution in [3.05, 3.63) is 48.0 Å². The van der Waals surface area contributed by atoms with E-state index in [9.17, 15) is 9.59 Å². The van der Waals surface area contributed by atoms with Crippen molar-refractivity contribution in [3.8, 4) is 28.7 Å². The first-order chi connectivity index (χ1) is 16.9. The highest BCUT2D eigenvalue weighted by Gasteiger charge is 2.27. The maximum atomic E-state index is 13.2. The van der Waals surface area contributed by atoms with Gasteiger partial charge < -0.3 is 28.8 Å². The summed E-state index contributed by atoms with van der Waals surface area (Å²) in [4.78, 5) is 33.7. The van der Waals surface area contributed by atoms with Crippen LogP contribution in [0, 0.1) is 5.92 Å². The smallest absolute Gasteiger partial charge is 0.497 e. The molecule has 3 aromatic rings. The van der Waals surface area contributed by atoms with Gasteiger partial charge in [-0.05, 0) is 43.5 Å². The summed E-state index contributed by atoms with van der Waals surface area (Å²) in [5, 5.41) is 6.95. The Morgan fingerprint density at radius 3 is 2.46 bits per heavy atom. The average Bonchev–Trinajstić information content (AvgIpc) is 3.34. The number of pyridine rings is 1. The van der Waals surface area contributed by atoms with E-state index in [1.165, 1.54) is 19.4 Å². The van der Waals surface area contributed by atoms with Crippen LogP contribution in [-0.4, -0.2) is 48.0 Å². The topological polar surface area (TPSA) is 135 Å². The first-order valence-electron chi connectivity index (χ1n) is 11.0. The van der Waals surface area contributed by atoms with E-state index in [1.54, 1.807) is 38.3 Å². The number of hydrogen-bond donors (Lipinski definition) is 1. The van der Waals surface area contributed by atoms with Crippen LogP contribution in [0.4, 0.5) is 4.79 Å². The maximum Gasteiger partial charge on any atom is 0.514 e. The Balaban J connectivity index is 1.87. The van der Waals surface area contributed by atoms with Gasteiger partial charge in [-0.25, -0.2) is 9.78 Å². The highest BCUT2D eigenvalue weighted by atomic mass is 16.7. The highest BCUT2D eigenvalue weighted by molar-refractivity contribution is 5.96. The lowest BCUT2D eigenvalue weighted by molar-refractivity contribution is 0.0907. The Kier molecular flexibility index (Phi) is 8.60. The zero-order valence-corrected chi connectivity index (χ0v) is 20.2. The van der Waals surface area contributed by atoms with Crippen LogP contribution >= 0.6 is 0 Å². The van der Waals surface area contributed by atoms with E-state index in [-0.39, 0.29) is 29.7 Å². The molecule has 0 spiro atoms. The fraction of sp³-hybridized carbons (Fsp3) is 0.375. The van der Waals surface area contributed by atoms with Gasteiger partial charge in [0.05, 0.1) is 26.9 Å². The number of nitrogens with one attached hydrogen (secondary N) is 1. The molecule has 0 aliphatic heterocycles. The van der Waals surface area contributed by atoms with Gasteiger partial charge in [0.15, 0.2) is 17.3 Å². The lowest BCUT2D eigenvalue weighted by atomic mass is 10.0. The molecular weight excluding hydrogens is 456 g/mol. The van der Waals surface area contributed by atoms with Crippen LogP contribution in [0.3, 0.4) is 0 Å². The fourth-order valence-electron chi connectivity index (χ4n) is 3.24. The van der Waals surface area contributed by atoms with Crippen LogP contribution in [0.25, 0.3) is 11.5 Å². The standard InChI is InChI=1S/C24H28N4O7/c1-6-33-24(30)34-20-18(32-5)11-12-25-19(20)22(29)26-17(13-14(2)3)21-27-23(35-28-21)15-7-9-16(31-4)10-8-15/h7-12,14,17H,6,13H2,1-5H3,(H,26,29)/t17-/m0/s1. The zero-order valence-electron chi connectivity index (χ0n) is 20.2. The minimum absolute atomic E-state index is 0.105. The summed E-state index contributed by atoms with van der Waals surface area (Å²) < 4.78 is 25.9. The number of hydrogen-bond acceptors (Lipinski definition) is 10. The second kappa shape index (κ2) is 11.8. The Morgan fingerprint density at radius 1 is 1.09 bits per heavy atom. The zero-order chi connectivity index (χ0) is 25.4. The molecule has 186 valence electrons. The summed E-state index contributed by atoms with van der Waals surface area (Å²) in [5.74, 6) is 0.887. The molecule has 1 atom stereocenters. The van der Waals surface area contributed by atoms with Gasteiger partial charge in [-0.3, -0.25) is 4.79 Å². The molecule has 1 amide bonds. The summed E-state index contributed by atoms with van der Waals surface area (Å²) in [5.41, 5.74) is 0.559. The van der Waals surface area contributed by atoms with E-state index in [1.807, 2.05) is 13.8 Å². The fourth-order valence-corrected chi connectivity index (χ4v) is 3.24. The quantitative estimate of drug-likeness (QED) is 0.417. The minimum atomic E-state index is -0.978. The Hall–Kier alpha value is -4.15. The normalized spacial score (nSPS) is 11.6. The molecule has 2 aromatic heterocycles. The van der Waals surface area contributed by atoms with Crippen LogP contribution < -0.4 is 19.5 Å². The van der Waals surface area contributed by atoms with Gasteiger partial charge in [0.2, 0.25) is 5.75 Å². The summed E-state index contributed by atoms with van der Waals surface area (Å²) in [7, 11) is 2.97. The van der Waals surface area contributed by atoms with Crippen molar-refractivity contribution in [1.29, 1.82) is 0 Å². The highest BCUT2D eigenvalue weighted by Crippen LogP contribution is 2.31. The molecule has 11 nitrogen and oxygen atoms in total. The molecule has 3 rings (SSSR count). The molecule has 0 fully saturated rings. The molecular formula is C24H28N4O7. The van der Waals surface area contributed by atoms with Crippen molar-refractivity contribution in [2.45, 2.75) is 33.2 Å². The van der Waals surface area contributed by atoms with Crippen LogP contribution in [-0.2, 0) is 4.74 Å². The number of carbonyl (C=O) groups excluding carboxylic acids is 2. The molecule has 35 heavy (non-hydrogen) atoms. The summed E-state index contributed by atoms with van der Waals surface area (Å²) in [6.45, 7) is 5.75. The maximum absolute atomic E-state index is 13.2. The van der Waals surface area contributed by atoms with E-state index in [0.717, 1.165) is 0 Å². The first-order valence-corrected chi connectivity index (χ1v) is 11.0. The number of nitrogens with zero attached hydrogens (tertiary/aromatic N) is 3. The van der Waals surface area contributed by atoms with Gasteiger partial charge in [0, 0.05) is 17.8 Å². The molecule has 1 aromatic carbocycles. The number of benzene rings is 1. The Bertz CT molecular complexity index is 1150. The number of methoxy groups -OCH3 is 2. The summed E-state index contributed by atoms with van der Waals surface area (Å²) >= 11 is 0. The van der Waals surface area contributed by atoms with Gasteiger partial charge in [-0.15, -0.1) is 0 Å². The van der Waals surface area contributed by atoms with Crippen LogP contribution in [0.1, 0.15) is 49.5 Å². The van der Waals surface area contributed by atoms with Gasteiger partial charge in [0.25, 0.3) is 11.8 Å². The largest absolute Gasteiger partial charge is 0.514 e. The molecule has 0 aliphatic carbocycles. The van der Waals surface area contributed by atoms with E-state index < -0.39 is 18.1 Å². The lowest BCUT2D eigenvalue weighted by Gasteiger charge is -2.18. The van der Waals surface area contributed by atoms with Crippen molar-refractivity contribution in [2.24, 2.45) is 5.92 Å². The van der Waals surface area contributed by atoms with Crippen LogP contribution in [0.15, 0.2) is 41.1 Å². The molecule has 0 unspecified atom stereocenters. The molecule has 0 saturated heterocycles.